The van der Waals surface area contributed by atoms with Crippen molar-refractivity contribution in [3.8, 4) is 11.9 Å². The second-order valence-electron chi connectivity index (χ2n) is 4.27. The quantitative estimate of drug-likeness (QED) is 0.907. The molecule has 1 aromatic carbocycles. The summed E-state index contributed by atoms with van der Waals surface area (Å²) in [5.41, 5.74) is 2.07. The molecule has 2 aromatic rings. The average molecular weight is 271 g/mol. The van der Waals surface area contributed by atoms with Gasteiger partial charge in [-0.1, -0.05) is 6.07 Å². The zero-order chi connectivity index (χ0) is 14.4. The van der Waals surface area contributed by atoms with Gasteiger partial charge in [-0.2, -0.15) is 5.26 Å². The molecule has 1 aromatic heterocycles. The largest absolute Gasteiger partial charge is 0.481 e. The molecule has 0 saturated carbocycles. The van der Waals surface area contributed by atoms with Crippen molar-refractivity contribution in [3.63, 3.8) is 0 Å². The van der Waals surface area contributed by atoms with Crippen LogP contribution in [0.1, 0.15) is 16.7 Å². The molecule has 0 amide bonds. The SMILES string of the molecule is COc1ccc(CNCc2cc(F)cc(C#N)c2)cn1. The van der Waals surface area contributed by atoms with E-state index in [1.165, 1.54) is 12.1 Å². The van der Waals surface area contributed by atoms with Crippen molar-refractivity contribution >= 4 is 0 Å². The zero-order valence-electron chi connectivity index (χ0n) is 11.1. The van der Waals surface area contributed by atoms with Crippen molar-refractivity contribution < 1.29 is 9.13 Å². The lowest BCUT2D eigenvalue weighted by Gasteiger charge is -2.06. The van der Waals surface area contributed by atoms with Crippen LogP contribution in [0.3, 0.4) is 0 Å². The zero-order valence-corrected chi connectivity index (χ0v) is 11.1. The van der Waals surface area contributed by atoms with E-state index in [1.807, 2.05) is 12.1 Å². The van der Waals surface area contributed by atoms with E-state index in [9.17, 15) is 4.39 Å². The fourth-order valence-corrected chi connectivity index (χ4v) is 1.80. The maximum absolute atomic E-state index is 13.2. The molecule has 1 N–H and O–H groups in total. The minimum absolute atomic E-state index is 0.327. The number of aromatic nitrogens is 1. The van der Waals surface area contributed by atoms with E-state index in [0.717, 1.165) is 11.1 Å². The van der Waals surface area contributed by atoms with Gasteiger partial charge in [-0.3, -0.25) is 0 Å². The van der Waals surface area contributed by atoms with Crippen LogP contribution in [0.25, 0.3) is 0 Å². The van der Waals surface area contributed by atoms with Crippen LogP contribution in [0.2, 0.25) is 0 Å². The topological polar surface area (TPSA) is 57.9 Å². The summed E-state index contributed by atoms with van der Waals surface area (Å²) in [6.07, 6.45) is 1.72. The molecule has 102 valence electrons. The number of rotatable bonds is 5. The number of nitrogens with one attached hydrogen (secondary N) is 1. The van der Waals surface area contributed by atoms with Crippen molar-refractivity contribution in [1.29, 1.82) is 5.26 Å². The summed E-state index contributed by atoms with van der Waals surface area (Å²) >= 11 is 0. The number of methoxy groups -OCH3 is 1. The fourth-order valence-electron chi connectivity index (χ4n) is 1.80. The summed E-state index contributed by atoms with van der Waals surface area (Å²) in [5.74, 6) is 0.171. The third-order valence-corrected chi connectivity index (χ3v) is 2.75. The highest BCUT2D eigenvalue weighted by atomic mass is 19.1. The van der Waals surface area contributed by atoms with Gasteiger partial charge in [0.15, 0.2) is 0 Å². The molecule has 0 aliphatic rings. The number of pyridine rings is 1. The summed E-state index contributed by atoms with van der Waals surface area (Å²) < 4.78 is 18.2. The number of ether oxygens (including phenoxy) is 1. The van der Waals surface area contributed by atoms with Gasteiger partial charge in [0.05, 0.1) is 18.7 Å². The molecule has 0 atom stereocenters. The van der Waals surface area contributed by atoms with E-state index in [-0.39, 0.29) is 0 Å². The third-order valence-electron chi connectivity index (χ3n) is 2.75. The number of hydrogen-bond acceptors (Lipinski definition) is 4. The van der Waals surface area contributed by atoms with E-state index in [4.69, 9.17) is 10.00 Å². The third kappa shape index (κ3) is 3.77. The second-order valence-corrected chi connectivity index (χ2v) is 4.27. The molecule has 20 heavy (non-hydrogen) atoms. The van der Waals surface area contributed by atoms with Crippen molar-refractivity contribution in [3.05, 3.63) is 59.0 Å². The van der Waals surface area contributed by atoms with Crippen LogP contribution in [0.5, 0.6) is 5.88 Å². The highest BCUT2D eigenvalue weighted by Gasteiger charge is 2.01. The first-order chi connectivity index (χ1) is 9.71. The minimum Gasteiger partial charge on any atom is -0.481 e. The fraction of sp³-hybridized carbons (Fsp3) is 0.200. The van der Waals surface area contributed by atoms with E-state index in [2.05, 4.69) is 10.3 Å². The molecular weight excluding hydrogens is 257 g/mol. The Morgan fingerprint density at radius 3 is 2.70 bits per heavy atom. The number of nitrogens with zero attached hydrogens (tertiary/aromatic N) is 2. The van der Waals surface area contributed by atoms with Crippen LogP contribution in [-0.2, 0) is 13.1 Å². The summed E-state index contributed by atoms with van der Waals surface area (Å²) in [6.45, 7) is 1.09. The first-order valence-electron chi connectivity index (χ1n) is 6.10. The number of benzene rings is 1. The lowest BCUT2D eigenvalue weighted by Crippen LogP contribution is -2.13. The summed E-state index contributed by atoms with van der Waals surface area (Å²) in [7, 11) is 1.57. The van der Waals surface area contributed by atoms with Gasteiger partial charge < -0.3 is 10.1 Å². The number of halogens is 1. The van der Waals surface area contributed by atoms with Crippen LogP contribution in [-0.4, -0.2) is 12.1 Å². The molecule has 0 saturated heterocycles. The molecule has 2 rings (SSSR count). The molecule has 0 unspecified atom stereocenters. The normalized spacial score (nSPS) is 10.1. The van der Waals surface area contributed by atoms with Gasteiger partial charge in [-0.15, -0.1) is 0 Å². The van der Waals surface area contributed by atoms with Gasteiger partial charge in [0, 0.05) is 25.4 Å². The van der Waals surface area contributed by atoms with E-state index in [1.54, 1.807) is 25.4 Å². The van der Waals surface area contributed by atoms with Crippen molar-refractivity contribution in [1.82, 2.24) is 10.3 Å². The highest BCUT2D eigenvalue weighted by molar-refractivity contribution is 5.33. The molecule has 0 radical (unpaired) electrons. The maximum atomic E-state index is 13.2. The smallest absolute Gasteiger partial charge is 0.212 e. The van der Waals surface area contributed by atoms with Gasteiger partial charge in [0.1, 0.15) is 5.82 Å². The van der Waals surface area contributed by atoms with Gasteiger partial charge >= 0.3 is 0 Å². The molecule has 0 aliphatic carbocycles. The van der Waals surface area contributed by atoms with Crippen LogP contribution in [0.15, 0.2) is 36.5 Å². The molecular formula is C15H14FN3O. The van der Waals surface area contributed by atoms with Crippen LogP contribution in [0.4, 0.5) is 4.39 Å². The maximum Gasteiger partial charge on any atom is 0.212 e. The summed E-state index contributed by atoms with van der Waals surface area (Å²) in [6, 6.07) is 9.93. The standard InChI is InChI=1S/C15H14FN3O/c1-20-15-3-2-11(10-19-15)8-18-9-13-4-12(7-17)5-14(16)6-13/h2-6,10,18H,8-9H2,1H3. The minimum atomic E-state index is -0.396. The molecule has 0 fully saturated rings. The van der Waals surface area contributed by atoms with Gasteiger partial charge in [-0.05, 0) is 29.3 Å². The molecule has 5 heteroatoms. The molecule has 0 bridgehead atoms. The van der Waals surface area contributed by atoms with Gasteiger partial charge in [0.2, 0.25) is 5.88 Å². The lowest BCUT2D eigenvalue weighted by molar-refractivity contribution is 0.397. The Balaban J connectivity index is 1.92. The Morgan fingerprint density at radius 1 is 1.25 bits per heavy atom. The van der Waals surface area contributed by atoms with Crippen LogP contribution < -0.4 is 10.1 Å². The Labute approximate surface area is 116 Å². The predicted octanol–water partition coefficient (Wildman–Crippen LogP) is 2.39. The second kappa shape index (κ2) is 6.64. The highest BCUT2D eigenvalue weighted by Crippen LogP contribution is 2.09. The average Bonchev–Trinajstić information content (AvgIpc) is 2.47. The summed E-state index contributed by atoms with van der Waals surface area (Å²) in [4.78, 5) is 4.10. The molecule has 0 aliphatic heterocycles. The number of nitriles is 1. The van der Waals surface area contributed by atoms with Gasteiger partial charge in [0.25, 0.3) is 0 Å². The predicted molar refractivity (Wildman–Crippen MR) is 72.4 cm³/mol. The van der Waals surface area contributed by atoms with Crippen molar-refractivity contribution in [2.45, 2.75) is 13.1 Å². The van der Waals surface area contributed by atoms with E-state index in [0.29, 0.717) is 24.5 Å². The Kier molecular flexibility index (Phi) is 4.64. The first kappa shape index (κ1) is 14.0. The summed E-state index contributed by atoms with van der Waals surface area (Å²) in [5, 5.41) is 12.0. The first-order valence-corrected chi connectivity index (χ1v) is 6.10. The monoisotopic (exact) mass is 271 g/mol. The van der Waals surface area contributed by atoms with Crippen molar-refractivity contribution in [2.24, 2.45) is 0 Å². The molecule has 0 spiro atoms. The Bertz CT molecular complexity index is 620. The molecule has 1 heterocycles. The Hall–Kier alpha value is -2.45. The lowest BCUT2D eigenvalue weighted by atomic mass is 10.1. The van der Waals surface area contributed by atoms with E-state index < -0.39 is 5.82 Å². The van der Waals surface area contributed by atoms with Crippen molar-refractivity contribution in [2.75, 3.05) is 7.11 Å². The van der Waals surface area contributed by atoms with Crippen LogP contribution >= 0.6 is 0 Å². The van der Waals surface area contributed by atoms with Crippen LogP contribution in [0, 0.1) is 17.1 Å². The molecule has 4 nitrogen and oxygen atoms in total. The van der Waals surface area contributed by atoms with E-state index >= 15 is 0 Å². The number of hydrogen-bond donors (Lipinski definition) is 1. The van der Waals surface area contributed by atoms with Gasteiger partial charge in [-0.25, -0.2) is 9.37 Å². The Morgan fingerprint density at radius 2 is 2.05 bits per heavy atom.